The van der Waals surface area contributed by atoms with E-state index in [9.17, 15) is 29.7 Å². The lowest BCUT2D eigenvalue weighted by Gasteiger charge is -2.35. The minimum Gasteiger partial charge on any atom is -0.436 e. The van der Waals surface area contributed by atoms with E-state index in [2.05, 4.69) is 0 Å². The molecule has 0 aromatic heterocycles. The summed E-state index contributed by atoms with van der Waals surface area (Å²) in [4.78, 5) is 37.4. The maximum absolute atomic E-state index is 13.0. The molecule has 2 rings (SSSR count). The lowest BCUT2D eigenvalue weighted by atomic mass is 9.84. The number of rotatable bonds is 9. The van der Waals surface area contributed by atoms with E-state index in [1.54, 1.807) is 12.1 Å². The molecule has 8 nitrogen and oxygen atoms in total. The summed E-state index contributed by atoms with van der Waals surface area (Å²) in [6.45, 7) is -0.959. The highest BCUT2D eigenvalue weighted by Crippen LogP contribution is 2.26. The van der Waals surface area contributed by atoms with Gasteiger partial charge in [-0.25, -0.2) is 4.79 Å². The van der Waals surface area contributed by atoms with Gasteiger partial charge in [0.15, 0.2) is 6.29 Å². The number of ether oxygens (including phenoxy) is 1. The lowest BCUT2D eigenvalue weighted by Crippen LogP contribution is -2.61. The Kier molecular flexibility index (Phi) is 7.13. The Morgan fingerprint density at radius 2 is 1.43 bits per heavy atom. The second kappa shape index (κ2) is 9.34. The maximum Gasteiger partial charge on any atom is 0.339 e. The van der Waals surface area contributed by atoms with Gasteiger partial charge in [-0.2, -0.15) is 0 Å². The molecule has 0 aliphatic rings. The van der Waals surface area contributed by atoms with Crippen LogP contribution in [-0.2, 0) is 9.53 Å². The van der Waals surface area contributed by atoms with Crippen LogP contribution in [0.5, 0.6) is 0 Å². The number of ketones is 1. The van der Waals surface area contributed by atoms with Crippen molar-refractivity contribution in [2.75, 3.05) is 6.61 Å². The fraction of sp³-hybridized carbons (Fsp3) is 0.250. The van der Waals surface area contributed by atoms with Crippen LogP contribution in [0.4, 0.5) is 0 Å². The number of aldehydes is 1. The van der Waals surface area contributed by atoms with Gasteiger partial charge in [0.25, 0.3) is 5.60 Å². The van der Waals surface area contributed by atoms with Crippen molar-refractivity contribution in [1.29, 1.82) is 0 Å². The fourth-order valence-corrected chi connectivity index (χ4v) is 2.56. The third kappa shape index (κ3) is 4.32. The van der Waals surface area contributed by atoms with Crippen molar-refractivity contribution < 1.29 is 39.5 Å². The van der Waals surface area contributed by atoms with Crippen molar-refractivity contribution in [1.82, 2.24) is 0 Å². The zero-order valence-corrected chi connectivity index (χ0v) is 14.7. The molecule has 0 fully saturated rings. The molecule has 0 heterocycles. The first-order chi connectivity index (χ1) is 13.4. The molecule has 2 aromatic carbocycles. The first-order valence-corrected chi connectivity index (χ1v) is 8.37. The van der Waals surface area contributed by atoms with Gasteiger partial charge in [0.2, 0.25) is 5.78 Å². The fourth-order valence-electron chi connectivity index (χ4n) is 2.56. The number of Topliss-reactive ketones (excluding diaryl/α,β-unsaturated/α-hetero) is 1. The Morgan fingerprint density at radius 1 is 0.929 bits per heavy atom. The summed E-state index contributed by atoms with van der Waals surface area (Å²) < 4.78 is 5.11. The monoisotopic (exact) mass is 388 g/mol. The number of benzene rings is 2. The van der Waals surface area contributed by atoms with Crippen LogP contribution in [0.1, 0.15) is 20.7 Å². The zero-order chi connectivity index (χ0) is 20.7. The average Bonchev–Trinajstić information content (AvgIpc) is 2.76. The van der Waals surface area contributed by atoms with Gasteiger partial charge >= 0.3 is 5.97 Å². The second-order valence-electron chi connectivity index (χ2n) is 6.05. The van der Waals surface area contributed by atoms with Crippen LogP contribution in [0.2, 0.25) is 0 Å². The van der Waals surface area contributed by atoms with E-state index < -0.39 is 42.3 Å². The van der Waals surface area contributed by atoms with Crippen molar-refractivity contribution in [3.8, 4) is 0 Å². The molecule has 28 heavy (non-hydrogen) atoms. The van der Waals surface area contributed by atoms with Gasteiger partial charge in [-0.3, -0.25) is 9.59 Å². The van der Waals surface area contributed by atoms with Gasteiger partial charge in [0, 0.05) is 5.56 Å². The molecule has 2 aromatic rings. The number of hydrogen-bond acceptors (Lipinski definition) is 8. The molecule has 0 aliphatic carbocycles. The molecular weight excluding hydrogens is 368 g/mol. The van der Waals surface area contributed by atoms with Gasteiger partial charge in [0.1, 0.15) is 18.3 Å². The van der Waals surface area contributed by atoms with Crippen LogP contribution in [-0.4, -0.2) is 69.0 Å². The highest BCUT2D eigenvalue weighted by Gasteiger charge is 2.53. The molecular formula is C20H20O8. The SMILES string of the molecule is O=C[C@@](OC(=O)c1ccccc1)(C(=O)c1ccccc1)[C@@H](O)[C@H](O)[C@H](O)CO. The van der Waals surface area contributed by atoms with Crippen LogP contribution in [0.15, 0.2) is 60.7 Å². The van der Waals surface area contributed by atoms with Gasteiger partial charge in [-0.1, -0.05) is 48.5 Å². The van der Waals surface area contributed by atoms with E-state index in [1.807, 2.05) is 0 Å². The normalized spacial score (nSPS) is 16.3. The Balaban J connectivity index is 2.50. The Bertz CT molecular complexity index is 807. The molecule has 0 bridgehead atoms. The van der Waals surface area contributed by atoms with Crippen molar-refractivity contribution in [3.63, 3.8) is 0 Å². The highest BCUT2D eigenvalue weighted by atomic mass is 16.6. The van der Waals surface area contributed by atoms with E-state index in [-0.39, 0.29) is 17.4 Å². The standard InChI is InChI=1S/C20H20O8/c21-11-15(23)16(24)18(26)20(12-22,17(25)13-7-3-1-4-8-13)28-19(27)14-9-5-2-6-10-14/h1-10,12,15-16,18,21,23-24,26H,11H2/t15-,16-,18+,20-/m1/s1. The predicted octanol–water partition coefficient (Wildman–Crippen LogP) is -0.261. The van der Waals surface area contributed by atoms with Gasteiger partial charge in [-0.15, -0.1) is 0 Å². The van der Waals surface area contributed by atoms with Gasteiger partial charge in [0.05, 0.1) is 12.2 Å². The quantitative estimate of drug-likeness (QED) is 0.199. The van der Waals surface area contributed by atoms with Crippen molar-refractivity contribution in [2.24, 2.45) is 0 Å². The number of aliphatic hydroxyl groups excluding tert-OH is 4. The van der Waals surface area contributed by atoms with Crippen LogP contribution in [0.3, 0.4) is 0 Å². The van der Waals surface area contributed by atoms with E-state index in [1.165, 1.54) is 48.5 Å². The number of carbonyl (C=O) groups excluding carboxylic acids is 3. The summed E-state index contributed by atoms with van der Waals surface area (Å²) >= 11 is 0. The van der Waals surface area contributed by atoms with Crippen molar-refractivity contribution in [3.05, 3.63) is 71.8 Å². The molecule has 0 saturated heterocycles. The average molecular weight is 388 g/mol. The van der Waals surface area contributed by atoms with Crippen molar-refractivity contribution >= 4 is 18.0 Å². The summed E-state index contributed by atoms with van der Waals surface area (Å²) in [5, 5.41) is 39.2. The first kappa shape index (κ1) is 21.4. The first-order valence-electron chi connectivity index (χ1n) is 8.37. The molecule has 4 N–H and O–H groups in total. The number of aliphatic hydroxyl groups is 4. The van der Waals surface area contributed by atoms with E-state index in [0.717, 1.165) is 0 Å². The lowest BCUT2D eigenvalue weighted by molar-refractivity contribution is -0.154. The zero-order valence-electron chi connectivity index (χ0n) is 14.7. The summed E-state index contributed by atoms with van der Waals surface area (Å²) in [5.41, 5.74) is -2.91. The summed E-state index contributed by atoms with van der Waals surface area (Å²) in [6, 6.07) is 14.7. The van der Waals surface area contributed by atoms with E-state index in [4.69, 9.17) is 9.84 Å². The number of hydrogen-bond donors (Lipinski definition) is 4. The van der Waals surface area contributed by atoms with E-state index in [0.29, 0.717) is 0 Å². The molecule has 8 heteroatoms. The third-order valence-electron chi connectivity index (χ3n) is 4.18. The third-order valence-corrected chi connectivity index (χ3v) is 4.18. The summed E-state index contributed by atoms with van der Waals surface area (Å²) in [7, 11) is 0. The van der Waals surface area contributed by atoms with E-state index >= 15 is 0 Å². The molecule has 148 valence electrons. The van der Waals surface area contributed by atoms with Crippen molar-refractivity contribution in [2.45, 2.75) is 23.9 Å². The molecule has 0 aliphatic heterocycles. The highest BCUT2D eigenvalue weighted by molar-refractivity contribution is 6.14. The topological polar surface area (TPSA) is 141 Å². The second-order valence-corrected chi connectivity index (χ2v) is 6.05. The minimum absolute atomic E-state index is 0.000942. The Morgan fingerprint density at radius 3 is 1.89 bits per heavy atom. The van der Waals surface area contributed by atoms with Crippen LogP contribution >= 0.6 is 0 Å². The van der Waals surface area contributed by atoms with Crippen LogP contribution in [0.25, 0.3) is 0 Å². The van der Waals surface area contributed by atoms with Gasteiger partial charge in [-0.05, 0) is 12.1 Å². The number of carbonyl (C=O) groups is 3. The maximum atomic E-state index is 13.0. The summed E-state index contributed by atoms with van der Waals surface area (Å²) in [6.07, 6.45) is -6.46. The molecule has 0 unspecified atom stereocenters. The predicted molar refractivity (Wildman–Crippen MR) is 96.5 cm³/mol. The number of esters is 1. The van der Waals surface area contributed by atoms with Crippen LogP contribution < -0.4 is 0 Å². The Hall–Kier alpha value is -2.91. The molecule has 0 saturated carbocycles. The largest absolute Gasteiger partial charge is 0.436 e. The van der Waals surface area contributed by atoms with Gasteiger partial charge < -0.3 is 25.2 Å². The molecule has 0 spiro atoms. The molecule has 0 radical (unpaired) electrons. The Labute approximate surface area is 160 Å². The smallest absolute Gasteiger partial charge is 0.339 e. The molecule has 4 atom stereocenters. The van der Waals surface area contributed by atoms with Crippen LogP contribution in [0, 0.1) is 0 Å². The summed E-state index contributed by atoms with van der Waals surface area (Å²) in [5.74, 6) is -2.19. The minimum atomic E-state index is -2.84. The molecule has 0 amide bonds.